The Labute approximate surface area is 207 Å². The zero-order valence-corrected chi connectivity index (χ0v) is 19.8. The Bertz CT molecular complexity index is 1310. The van der Waals surface area contributed by atoms with Crippen LogP contribution in [-0.2, 0) is 6.61 Å². The molecule has 0 aromatic heterocycles. The second kappa shape index (κ2) is 11.2. The van der Waals surface area contributed by atoms with Gasteiger partial charge >= 0.3 is 0 Å². The molecule has 0 saturated heterocycles. The lowest BCUT2D eigenvalue weighted by Crippen LogP contribution is -2.19. The Morgan fingerprint density at radius 1 is 1.26 bits per heavy atom. The fourth-order valence-electron chi connectivity index (χ4n) is 2.82. The average molecular weight is 574 g/mol. The van der Waals surface area contributed by atoms with Gasteiger partial charge in [0, 0.05) is 12.1 Å². The molecule has 3 aromatic carbocycles. The Balaban J connectivity index is 1.69. The minimum absolute atomic E-state index is 0.00596. The van der Waals surface area contributed by atoms with Gasteiger partial charge in [-0.05, 0) is 76.2 Å². The van der Waals surface area contributed by atoms with Crippen molar-refractivity contribution in [3.63, 3.8) is 0 Å². The first-order valence-corrected chi connectivity index (χ1v) is 10.7. The molecule has 0 bridgehead atoms. The summed E-state index contributed by atoms with van der Waals surface area (Å²) in [7, 11) is 1.47. The first kappa shape index (κ1) is 24.6. The van der Waals surface area contributed by atoms with Crippen LogP contribution in [0.3, 0.4) is 0 Å². The van der Waals surface area contributed by atoms with E-state index < -0.39 is 16.6 Å². The Morgan fingerprint density at radius 2 is 2.00 bits per heavy atom. The summed E-state index contributed by atoms with van der Waals surface area (Å²) >= 11 is 2.06. The number of amides is 1. The largest absolute Gasteiger partial charge is 0.493 e. The number of carbonyl (C=O) groups is 1. The summed E-state index contributed by atoms with van der Waals surface area (Å²) in [5.41, 5.74) is 3.43. The second-order valence-corrected chi connectivity index (χ2v) is 7.91. The van der Waals surface area contributed by atoms with E-state index in [0.717, 1.165) is 11.6 Å². The quantitative estimate of drug-likeness (QED) is 0.182. The van der Waals surface area contributed by atoms with E-state index in [2.05, 4.69) is 33.1 Å². The monoisotopic (exact) mass is 574 g/mol. The van der Waals surface area contributed by atoms with E-state index in [4.69, 9.17) is 14.7 Å². The van der Waals surface area contributed by atoms with Gasteiger partial charge in [-0.25, -0.2) is 9.82 Å². The number of methoxy groups -OCH3 is 1. The van der Waals surface area contributed by atoms with E-state index in [1.54, 1.807) is 30.3 Å². The molecule has 34 heavy (non-hydrogen) atoms. The van der Waals surface area contributed by atoms with Crippen LogP contribution >= 0.6 is 22.6 Å². The lowest BCUT2D eigenvalue weighted by atomic mass is 10.1. The second-order valence-electron chi connectivity index (χ2n) is 6.75. The van der Waals surface area contributed by atoms with Crippen molar-refractivity contribution in [3.8, 4) is 17.6 Å². The summed E-state index contributed by atoms with van der Waals surface area (Å²) in [6.45, 7) is 0.171. The third kappa shape index (κ3) is 6.04. The highest BCUT2D eigenvalue weighted by Gasteiger charge is 2.14. The normalized spacial score (nSPS) is 10.5. The SMILES string of the molecule is COc1cc(/C=N\NC(=O)c2ccc(C#N)cc2F)cc(I)c1OCc1ccc([N+](=O)[O-])cc1. The molecule has 1 amide bonds. The van der Waals surface area contributed by atoms with Crippen molar-refractivity contribution < 1.29 is 23.6 Å². The molecule has 0 unspecified atom stereocenters. The molecular formula is C23H16FIN4O5. The van der Waals surface area contributed by atoms with Crippen molar-refractivity contribution in [3.05, 3.63) is 96.4 Å². The van der Waals surface area contributed by atoms with Gasteiger partial charge in [0.15, 0.2) is 11.5 Å². The van der Waals surface area contributed by atoms with Crippen LogP contribution in [0.15, 0.2) is 59.7 Å². The predicted octanol–water partition coefficient (Wildman–Crippen LogP) is 4.56. The molecule has 1 N–H and O–H groups in total. The number of hydrazone groups is 1. The number of ether oxygens (including phenoxy) is 2. The molecule has 172 valence electrons. The first-order chi connectivity index (χ1) is 16.3. The highest BCUT2D eigenvalue weighted by atomic mass is 127. The number of hydrogen-bond acceptors (Lipinski definition) is 7. The van der Waals surface area contributed by atoms with Crippen LogP contribution in [0.4, 0.5) is 10.1 Å². The van der Waals surface area contributed by atoms with Gasteiger partial charge in [-0.3, -0.25) is 14.9 Å². The third-order valence-corrected chi connectivity index (χ3v) is 5.31. The highest BCUT2D eigenvalue weighted by Crippen LogP contribution is 2.34. The number of benzene rings is 3. The van der Waals surface area contributed by atoms with Crippen LogP contribution in [0.25, 0.3) is 0 Å². The molecule has 9 nitrogen and oxygen atoms in total. The number of nitrogens with zero attached hydrogens (tertiary/aromatic N) is 3. The van der Waals surface area contributed by atoms with Crippen molar-refractivity contribution in [2.75, 3.05) is 7.11 Å². The van der Waals surface area contributed by atoms with E-state index in [0.29, 0.717) is 20.6 Å². The summed E-state index contributed by atoms with van der Waals surface area (Å²) in [5.74, 6) is -0.692. The fourth-order valence-corrected chi connectivity index (χ4v) is 3.60. The number of hydrogen-bond donors (Lipinski definition) is 1. The molecule has 0 spiro atoms. The van der Waals surface area contributed by atoms with Gasteiger partial charge in [-0.2, -0.15) is 10.4 Å². The molecule has 0 heterocycles. The Kier molecular flexibility index (Phi) is 8.10. The van der Waals surface area contributed by atoms with E-state index >= 15 is 0 Å². The number of halogens is 2. The Hall–Kier alpha value is -4.05. The number of non-ortho nitro benzene ring substituents is 1. The highest BCUT2D eigenvalue weighted by molar-refractivity contribution is 14.1. The van der Waals surface area contributed by atoms with Gasteiger partial charge in [0.05, 0.1) is 39.0 Å². The number of carbonyl (C=O) groups excluding carboxylic acids is 1. The van der Waals surface area contributed by atoms with Crippen molar-refractivity contribution in [2.24, 2.45) is 5.10 Å². The fraction of sp³-hybridized carbons (Fsp3) is 0.0870. The zero-order chi connectivity index (χ0) is 24.7. The summed E-state index contributed by atoms with van der Waals surface area (Å²) < 4.78 is 25.9. The molecule has 0 fully saturated rings. The van der Waals surface area contributed by atoms with Gasteiger partial charge in [-0.1, -0.05) is 0 Å². The smallest absolute Gasteiger partial charge is 0.274 e. The van der Waals surface area contributed by atoms with Crippen LogP contribution in [0.5, 0.6) is 11.5 Å². The summed E-state index contributed by atoms with van der Waals surface area (Å²) in [4.78, 5) is 22.4. The van der Waals surface area contributed by atoms with Gasteiger partial charge in [0.2, 0.25) is 0 Å². The summed E-state index contributed by atoms with van der Waals surface area (Å²) in [5, 5.41) is 23.4. The standard InChI is InChI=1S/C23H16FIN4O5/c1-33-21-10-16(12-27-28-23(30)18-7-4-15(11-26)8-19(18)24)9-20(25)22(21)34-13-14-2-5-17(6-3-14)29(31)32/h2-10,12H,13H2,1H3,(H,28,30)/b27-12-. The molecule has 0 radical (unpaired) electrons. The van der Waals surface area contributed by atoms with Gasteiger partial charge in [0.25, 0.3) is 11.6 Å². The van der Waals surface area contributed by atoms with E-state index in [1.807, 2.05) is 0 Å². The van der Waals surface area contributed by atoms with Crippen LogP contribution < -0.4 is 14.9 Å². The first-order valence-electron chi connectivity index (χ1n) is 9.59. The van der Waals surface area contributed by atoms with E-state index in [-0.39, 0.29) is 23.4 Å². The third-order valence-electron chi connectivity index (χ3n) is 4.50. The number of rotatable bonds is 8. The molecule has 0 aliphatic carbocycles. The molecule has 0 atom stereocenters. The molecule has 3 aromatic rings. The van der Waals surface area contributed by atoms with Crippen LogP contribution in [0, 0.1) is 30.8 Å². The van der Waals surface area contributed by atoms with Gasteiger partial charge in [0.1, 0.15) is 12.4 Å². The van der Waals surface area contributed by atoms with Crippen molar-refractivity contribution in [2.45, 2.75) is 6.61 Å². The molecule has 3 rings (SSSR count). The number of nitro groups is 1. The zero-order valence-electron chi connectivity index (χ0n) is 17.6. The van der Waals surface area contributed by atoms with E-state index in [9.17, 15) is 19.3 Å². The Morgan fingerprint density at radius 3 is 2.62 bits per heavy atom. The van der Waals surface area contributed by atoms with Crippen molar-refractivity contribution in [1.82, 2.24) is 5.43 Å². The molecule has 0 aliphatic heterocycles. The minimum Gasteiger partial charge on any atom is -0.493 e. The average Bonchev–Trinajstić information content (AvgIpc) is 2.83. The van der Waals surface area contributed by atoms with E-state index in [1.165, 1.54) is 37.6 Å². The lowest BCUT2D eigenvalue weighted by molar-refractivity contribution is -0.384. The maximum Gasteiger partial charge on any atom is 0.274 e. The number of nitro benzene ring substituents is 1. The lowest BCUT2D eigenvalue weighted by Gasteiger charge is -2.13. The van der Waals surface area contributed by atoms with Crippen LogP contribution in [0.1, 0.15) is 27.0 Å². The van der Waals surface area contributed by atoms with Crippen molar-refractivity contribution in [1.29, 1.82) is 5.26 Å². The maximum atomic E-state index is 14.0. The van der Waals surface area contributed by atoms with Crippen LogP contribution in [-0.4, -0.2) is 24.2 Å². The molecule has 0 saturated carbocycles. The minimum atomic E-state index is -0.822. The molecule has 0 aliphatic rings. The molecule has 11 heteroatoms. The number of nitrogens with one attached hydrogen (secondary N) is 1. The maximum absolute atomic E-state index is 14.0. The topological polar surface area (TPSA) is 127 Å². The molecular weight excluding hydrogens is 558 g/mol. The van der Waals surface area contributed by atoms with Crippen molar-refractivity contribution >= 4 is 40.4 Å². The predicted molar refractivity (Wildman–Crippen MR) is 129 cm³/mol. The number of nitriles is 1. The van der Waals surface area contributed by atoms with Gasteiger partial charge < -0.3 is 9.47 Å². The summed E-state index contributed by atoms with van der Waals surface area (Å²) in [6.07, 6.45) is 1.37. The van der Waals surface area contributed by atoms with Crippen LogP contribution in [0.2, 0.25) is 0 Å². The summed E-state index contributed by atoms with van der Waals surface area (Å²) in [6, 6.07) is 14.7. The van der Waals surface area contributed by atoms with Gasteiger partial charge in [-0.15, -0.1) is 0 Å².